The second-order valence-corrected chi connectivity index (χ2v) is 6.71. The number of hydrogen-bond donors (Lipinski definition) is 1. The van der Waals surface area contributed by atoms with Gasteiger partial charge in [-0.2, -0.15) is 5.10 Å². The summed E-state index contributed by atoms with van der Waals surface area (Å²) in [5.41, 5.74) is 4.05. The van der Waals surface area contributed by atoms with Crippen LogP contribution in [0.15, 0.2) is 55.0 Å². The minimum Gasteiger partial charge on any atom is -0.497 e. The molecular weight excluding hydrogens is 340 g/mol. The molecule has 1 aliphatic rings. The molecule has 0 radical (unpaired) electrons. The van der Waals surface area contributed by atoms with Crippen molar-refractivity contribution in [2.24, 2.45) is 0 Å². The molecule has 1 aliphatic heterocycles. The third-order valence-corrected chi connectivity index (χ3v) is 5.06. The largest absolute Gasteiger partial charge is 0.497 e. The number of amides is 1. The topological polar surface area (TPSA) is 71.1 Å². The SMILES string of the molecule is COc1cccc(CC(=O)N2CCCC2c2[nH]ncc2-c2ccncc2)c1. The van der Waals surface area contributed by atoms with Crippen LogP contribution in [0.4, 0.5) is 0 Å². The number of benzene rings is 1. The van der Waals surface area contributed by atoms with Gasteiger partial charge in [-0.3, -0.25) is 14.9 Å². The van der Waals surface area contributed by atoms with Crippen molar-refractivity contribution in [2.45, 2.75) is 25.3 Å². The van der Waals surface area contributed by atoms with Gasteiger partial charge in [0.05, 0.1) is 31.5 Å². The Morgan fingerprint density at radius 3 is 2.96 bits per heavy atom. The van der Waals surface area contributed by atoms with Gasteiger partial charge in [0.15, 0.2) is 0 Å². The second kappa shape index (κ2) is 7.61. The third-order valence-electron chi connectivity index (χ3n) is 5.06. The molecule has 1 fully saturated rings. The number of hydrogen-bond acceptors (Lipinski definition) is 4. The molecule has 1 amide bonds. The highest BCUT2D eigenvalue weighted by atomic mass is 16.5. The number of pyridine rings is 1. The maximum absolute atomic E-state index is 13.0. The first-order valence-corrected chi connectivity index (χ1v) is 9.12. The Kier molecular flexibility index (Phi) is 4.87. The van der Waals surface area contributed by atoms with E-state index < -0.39 is 0 Å². The Morgan fingerprint density at radius 2 is 2.15 bits per heavy atom. The van der Waals surface area contributed by atoms with Gasteiger partial charge in [-0.25, -0.2) is 0 Å². The van der Waals surface area contributed by atoms with Gasteiger partial charge < -0.3 is 9.64 Å². The normalized spacial score (nSPS) is 16.5. The Morgan fingerprint density at radius 1 is 1.30 bits per heavy atom. The molecule has 3 heterocycles. The van der Waals surface area contributed by atoms with Crippen LogP contribution in [0.5, 0.6) is 5.75 Å². The van der Waals surface area contributed by atoms with Crippen LogP contribution in [0, 0.1) is 0 Å². The predicted octanol–water partition coefficient (Wildman–Crippen LogP) is 3.39. The number of nitrogens with zero attached hydrogens (tertiary/aromatic N) is 3. The fourth-order valence-electron chi connectivity index (χ4n) is 3.74. The number of carbonyl (C=O) groups excluding carboxylic acids is 1. The van der Waals surface area contributed by atoms with Crippen LogP contribution in [0.3, 0.4) is 0 Å². The van der Waals surface area contributed by atoms with E-state index in [-0.39, 0.29) is 11.9 Å². The molecule has 1 saturated heterocycles. The van der Waals surface area contributed by atoms with E-state index in [1.54, 1.807) is 19.5 Å². The average molecular weight is 362 g/mol. The Bertz CT molecular complexity index is 923. The van der Waals surface area contributed by atoms with Gasteiger partial charge in [0.2, 0.25) is 5.91 Å². The van der Waals surface area contributed by atoms with Gasteiger partial charge in [-0.15, -0.1) is 0 Å². The molecule has 2 aromatic heterocycles. The first-order valence-electron chi connectivity index (χ1n) is 9.12. The molecule has 1 aromatic carbocycles. The smallest absolute Gasteiger partial charge is 0.227 e. The van der Waals surface area contributed by atoms with E-state index in [4.69, 9.17) is 4.74 Å². The lowest BCUT2D eigenvalue weighted by Crippen LogP contribution is -2.32. The summed E-state index contributed by atoms with van der Waals surface area (Å²) in [4.78, 5) is 19.1. The van der Waals surface area contributed by atoms with Gasteiger partial charge in [0.25, 0.3) is 0 Å². The lowest BCUT2D eigenvalue weighted by molar-refractivity contribution is -0.131. The molecule has 138 valence electrons. The molecule has 6 nitrogen and oxygen atoms in total. The quantitative estimate of drug-likeness (QED) is 0.755. The van der Waals surface area contributed by atoms with Gasteiger partial charge >= 0.3 is 0 Å². The number of ether oxygens (including phenoxy) is 1. The molecule has 0 saturated carbocycles. The van der Waals surface area contributed by atoms with E-state index in [0.29, 0.717) is 6.42 Å². The number of rotatable bonds is 5. The monoisotopic (exact) mass is 362 g/mol. The van der Waals surface area contributed by atoms with Gasteiger partial charge in [0.1, 0.15) is 5.75 Å². The van der Waals surface area contributed by atoms with Gasteiger partial charge in [0, 0.05) is 24.5 Å². The molecule has 1 atom stereocenters. The molecule has 1 N–H and O–H groups in total. The second-order valence-electron chi connectivity index (χ2n) is 6.71. The summed E-state index contributed by atoms with van der Waals surface area (Å²) < 4.78 is 5.26. The van der Waals surface area contributed by atoms with E-state index in [1.165, 1.54) is 0 Å². The zero-order valence-corrected chi connectivity index (χ0v) is 15.3. The van der Waals surface area contributed by atoms with E-state index in [1.807, 2.05) is 47.5 Å². The van der Waals surface area contributed by atoms with Crippen molar-refractivity contribution >= 4 is 5.91 Å². The molecule has 27 heavy (non-hydrogen) atoms. The van der Waals surface area contributed by atoms with Crippen LogP contribution in [-0.4, -0.2) is 39.6 Å². The van der Waals surface area contributed by atoms with E-state index in [0.717, 1.165) is 47.5 Å². The Balaban J connectivity index is 1.56. The molecule has 1 unspecified atom stereocenters. The van der Waals surface area contributed by atoms with Crippen molar-refractivity contribution in [3.63, 3.8) is 0 Å². The van der Waals surface area contributed by atoms with E-state index >= 15 is 0 Å². The highest BCUT2D eigenvalue weighted by molar-refractivity contribution is 5.80. The van der Waals surface area contributed by atoms with Crippen molar-refractivity contribution < 1.29 is 9.53 Å². The number of nitrogens with one attached hydrogen (secondary N) is 1. The molecule has 0 aliphatic carbocycles. The van der Waals surface area contributed by atoms with Crippen LogP contribution in [0.1, 0.15) is 30.1 Å². The molecule has 0 spiro atoms. The summed E-state index contributed by atoms with van der Waals surface area (Å²) in [6.07, 6.45) is 7.66. The Labute approximate surface area is 158 Å². The van der Waals surface area contributed by atoms with Crippen molar-refractivity contribution in [3.05, 3.63) is 66.2 Å². The van der Waals surface area contributed by atoms with Crippen LogP contribution < -0.4 is 4.74 Å². The molecule has 0 bridgehead atoms. The summed E-state index contributed by atoms with van der Waals surface area (Å²) >= 11 is 0. The van der Waals surface area contributed by atoms with Gasteiger partial charge in [-0.05, 0) is 48.2 Å². The molecule has 6 heteroatoms. The first-order chi connectivity index (χ1) is 13.3. The lowest BCUT2D eigenvalue weighted by atomic mass is 10.0. The lowest BCUT2D eigenvalue weighted by Gasteiger charge is -2.25. The molecular formula is C21H22N4O2. The zero-order chi connectivity index (χ0) is 18.6. The van der Waals surface area contributed by atoms with Crippen LogP contribution >= 0.6 is 0 Å². The van der Waals surface area contributed by atoms with Crippen LogP contribution in [0.2, 0.25) is 0 Å². The minimum absolute atomic E-state index is 0.0220. The number of carbonyl (C=O) groups is 1. The predicted molar refractivity (Wildman–Crippen MR) is 102 cm³/mol. The number of methoxy groups -OCH3 is 1. The maximum Gasteiger partial charge on any atom is 0.227 e. The Hall–Kier alpha value is -3.15. The van der Waals surface area contributed by atoms with E-state index in [2.05, 4.69) is 15.2 Å². The number of H-pyrrole nitrogens is 1. The summed E-state index contributed by atoms with van der Waals surface area (Å²) in [6.45, 7) is 0.766. The maximum atomic E-state index is 13.0. The first kappa shape index (κ1) is 17.3. The number of likely N-dealkylation sites (tertiary alicyclic amines) is 1. The summed E-state index contributed by atoms with van der Waals surface area (Å²) in [5.74, 6) is 0.896. The number of aromatic nitrogens is 3. The van der Waals surface area contributed by atoms with E-state index in [9.17, 15) is 4.79 Å². The van der Waals surface area contributed by atoms with Crippen molar-refractivity contribution in [1.82, 2.24) is 20.1 Å². The van der Waals surface area contributed by atoms with Crippen LogP contribution in [-0.2, 0) is 11.2 Å². The third kappa shape index (κ3) is 3.56. The highest BCUT2D eigenvalue weighted by Gasteiger charge is 2.32. The van der Waals surface area contributed by atoms with Gasteiger partial charge in [-0.1, -0.05) is 12.1 Å². The summed E-state index contributed by atoms with van der Waals surface area (Å²) in [5, 5.41) is 7.37. The van der Waals surface area contributed by atoms with Crippen LogP contribution in [0.25, 0.3) is 11.1 Å². The summed E-state index contributed by atoms with van der Waals surface area (Å²) in [7, 11) is 1.64. The minimum atomic E-state index is 0.0220. The molecule has 4 rings (SSSR count). The van der Waals surface area contributed by atoms with Crippen molar-refractivity contribution in [3.8, 4) is 16.9 Å². The standard InChI is InChI=1S/C21H22N4O2/c1-27-17-5-2-4-15(12-17)13-20(26)25-11-3-6-19(25)21-18(14-23-24-21)16-7-9-22-10-8-16/h2,4-5,7-10,12,14,19H,3,6,11,13H2,1H3,(H,23,24). The van der Waals surface area contributed by atoms with Crippen molar-refractivity contribution in [2.75, 3.05) is 13.7 Å². The fraction of sp³-hybridized carbons (Fsp3) is 0.286. The zero-order valence-electron chi connectivity index (χ0n) is 15.3. The van der Waals surface area contributed by atoms with Crippen molar-refractivity contribution in [1.29, 1.82) is 0 Å². The summed E-state index contributed by atoms with van der Waals surface area (Å²) in [6, 6.07) is 11.6. The highest BCUT2D eigenvalue weighted by Crippen LogP contribution is 2.36. The fourth-order valence-corrected chi connectivity index (χ4v) is 3.74. The molecule has 3 aromatic rings. The number of aromatic amines is 1. The average Bonchev–Trinajstić information content (AvgIpc) is 3.38.